The molecule has 1 N–H and O–H groups in total. The van der Waals surface area contributed by atoms with Crippen molar-refractivity contribution in [2.45, 2.75) is 97.5 Å². The van der Waals surface area contributed by atoms with Crippen molar-refractivity contribution in [3.8, 4) is 0 Å². The summed E-state index contributed by atoms with van der Waals surface area (Å²) in [5.74, 6) is 2.68. The molecular formula is C26H41FO. The molecule has 0 bridgehead atoms. The molecule has 2 saturated carbocycles. The molecule has 7 atom stereocenters. The molecule has 4 aliphatic carbocycles. The summed E-state index contributed by atoms with van der Waals surface area (Å²) in [4.78, 5) is 0. The van der Waals surface area contributed by atoms with E-state index in [1.54, 1.807) is 11.1 Å². The quantitative estimate of drug-likeness (QED) is 0.383. The number of fused-ring (bicyclic) bond motifs is 5. The fourth-order valence-corrected chi connectivity index (χ4v) is 7.57. The second-order valence-corrected chi connectivity index (χ2v) is 11.1. The van der Waals surface area contributed by atoms with Gasteiger partial charge in [0.25, 0.3) is 0 Å². The van der Waals surface area contributed by atoms with Gasteiger partial charge in [0, 0.05) is 0 Å². The Labute approximate surface area is 171 Å². The highest BCUT2D eigenvalue weighted by Gasteiger charge is 2.56. The zero-order valence-corrected chi connectivity index (χ0v) is 18.4. The van der Waals surface area contributed by atoms with E-state index in [4.69, 9.17) is 0 Å². The Kier molecular flexibility index (Phi) is 5.82. The van der Waals surface area contributed by atoms with E-state index < -0.39 is 0 Å². The Morgan fingerprint density at radius 1 is 1.07 bits per heavy atom. The lowest BCUT2D eigenvalue weighted by molar-refractivity contribution is -0.0301. The third-order valence-electron chi connectivity index (χ3n) is 9.48. The maximum atomic E-state index is 12.7. The van der Waals surface area contributed by atoms with Crippen LogP contribution < -0.4 is 0 Å². The van der Waals surface area contributed by atoms with Crippen LogP contribution in [0.4, 0.5) is 4.39 Å². The Bertz CT molecular complexity index is 636. The first kappa shape index (κ1) is 20.6. The minimum atomic E-state index is -0.170. The van der Waals surface area contributed by atoms with Gasteiger partial charge in [-0.1, -0.05) is 50.5 Å². The molecule has 4 aliphatic rings. The van der Waals surface area contributed by atoms with Gasteiger partial charge in [-0.25, -0.2) is 0 Å². The first-order valence-corrected chi connectivity index (χ1v) is 12.0. The fourth-order valence-electron chi connectivity index (χ4n) is 7.57. The monoisotopic (exact) mass is 388 g/mol. The lowest BCUT2D eigenvalue weighted by Gasteiger charge is -2.57. The number of alkyl halides is 1. The highest BCUT2D eigenvalue weighted by molar-refractivity contribution is 5.30. The van der Waals surface area contributed by atoms with Gasteiger partial charge in [-0.2, -0.15) is 0 Å². The van der Waals surface area contributed by atoms with Gasteiger partial charge in [0.2, 0.25) is 0 Å². The molecule has 0 aliphatic heterocycles. The summed E-state index contributed by atoms with van der Waals surface area (Å²) >= 11 is 0. The molecule has 0 amide bonds. The number of allylic oxidation sites excluding steroid dienone is 3. The van der Waals surface area contributed by atoms with Crippen molar-refractivity contribution in [3.05, 3.63) is 23.3 Å². The summed E-state index contributed by atoms with van der Waals surface area (Å²) in [6.45, 7) is 6.93. The van der Waals surface area contributed by atoms with Crippen LogP contribution in [-0.4, -0.2) is 17.9 Å². The summed E-state index contributed by atoms with van der Waals surface area (Å²) in [5.41, 5.74) is 4.05. The molecule has 0 aromatic rings. The van der Waals surface area contributed by atoms with Gasteiger partial charge in [-0.05, 0) is 98.7 Å². The van der Waals surface area contributed by atoms with E-state index in [-0.39, 0.29) is 18.7 Å². The van der Waals surface area contributed by atoms with Crippen LogP contribution in [-0.2, 0) is 0 Å². The van der Waals surface area contributed by atoms with Gasteiger partial charge in [-0.3, -0.25) is 4.39 Å². The van der Waals surface area contributed by atoms with Gasteiger partial charge in [-0.15, -0.1) is 0 Å². The molecular weight excluding hydrogens is 347 g/mol. The Hall–Kier alpha value is -0.630. The molecule has 158 valence electrons. The first-order valence-electron chi connectivity index (χ1n) is 12.0. The number of aliphatic hydroxyl groups excluding tert-OH is 1. The van der Waals surface area contributed by atoms with Crippen LogP contribution in [0.1, 0.15) is 91.4 Å². The fraction of sp³-hybridized carbons (Fsp3) is 0.846. The number of halogens is 1. The average molecular weight is 389 g/mol. The predicted octanol–water partition coefficient (Wildman–Crippen LogP) is 7.01. The van der Waals surface area contributed by atoms with E-state index >= 15 is 0 Å². The summed E-state index contributed by atoms with van der Waals surface area (Å²) in [7, 11) is 0. The van der Waals surface area contributed by atoms with Crippen LogP contribution in [0.25, 0.3) is 0 Å². The number of rotatable bonds is 6. The third kappa shape index (κ3) is 3.42. The van der Waals surface area contributed by atoms with Crippen molar-refractivity contribution in [2.75, 3.05) is 6.67 Å². The molecule has 4 rings (SSSR count). The molecule has 1 nitrogen and oxygen atoms in total. The standard InChI is InChI=1S/C26H41FO/c1-18(17-27)6-4-5-7-19-9-11-23-22-10-8-20-16-21(28)12-14-26(20,3)24(22)13-15-25(19,23)2/h8-9,18,21-24,28H,4-7,10-17H2,1-3H3/t18?,21?,22?,23?,24?,25?,26-/m1/s1. The lowest BCUT2D eigenvalue weighted by atomic mass is 9.47. The lowest BCUT2D eigenvalue weighted by Crippen LogP contribution is -2.50. The molecule has 0 radical (unpaired) electrons. The molecule has 2 fully saturated rings. The van der Waals surface area contributed by atoms with Gasteiger partial charge in [0.05, 0.1) is 12.8 Å². The number of aliphatic hydroxyl groups is 1. The Balaban J connectivity index is 1.43. The van der Waals surface area contributed by atoms with Crippen LogP contribution in [0.3, 0.4) is 0 Å². The zero-order chi connectivity index (χ0) is 19.9. The van der Waals surface area contributed by atoms with E-state index in [2.05, 4.69) is 26.0 Å². The van der Waals surface area contributed by atoms with Gasteiger partial charge >= 0.3 is 0 Å². The van der Waals surface area contributed by atoms with Crippen molar-refractivity contribution in [1.82, 2.24) is 0 Å². The second-order valence-electron chi connectivity index (χ2n) is 11.1. The molecule has 0 heterocycles. The number of unbranched alkanes of at least 4 members (excludes halogenated alkanes) is 1. The topological polar surface area (TPSA) is 20.2 Å². The van der Waals surface area contributed by atoms with Crippen LogP contribution in [0.15, 0.2) is 23.3 Å². The van der Waals surface area contributed by atoms with Gasteiger partial charge in [0.1, 0.15) is 0 Å². The average Bonchev–Trinajstić information content (AvgIpc) is 3.02. The molecule has 2 heteroatoms. The third-order valence-corrected chi connectivity index (χ3v) is 9.48. The molecule has 0 spiro atoms. The van der Waals surface area contributed by atoms with Crippen molar-refractivity contribution < 1.29 is 9.50 Å². The van der Waals surface area contributed by atoms with E-state index in [0.717, 1.165) is 37.0 Å². The largest absolute Gasteiger partial charge is 0.393 e. The van der Waals surface area contributed by atoms with Crippen molar-refractivity contribution in [2.24, 2.45) is 34.5 Å². The van der Waals surface area contributed by atoms with Crippen LogP contribution >= 0.6 is 0 Å². The normalized spacial score (nSPS) is 43.5. The summed E-state index contributed by atoms with van der Waals surface area (Å²) < 4.78 is 12.7. The SMILES string of the molecule is CC(CF)CCCCC1=CCC2C3CC=C4CC(O)CC[C@@]4(C)C3CCC12C. The maximum absolute atomic E-state index is 12.7. The minimum absolute atomic E-state index is 0.107. The van der Waals surface area contributed by atoms with E-state index in [1.165, 1.54) is 51.4 Å². The summed E-state index contributed by atoms with van der Waals surface area (Å²) in [5, 5.41) is 10.2. The number of hydrogen-bond donors (Lipinski definition) is 1. The molecule has 0 aromatic heterocycles. The summed E-state index contributed by atoms with van der Waals surface area (Å²) in [6.07, 6.45) is 18.0. The predicted molar refractivity (Wildman–Crippen MR) is 115 cm³/mol. The molecule has 28 heavy (non-hydrogen) atoms. The van der Waals surface area contributed by atoms with E-state index in [9.17, 15) is 9.50 Å². The van der Waals surface area contributed by atoms with E-state index in [1.807, 2.05) is 6.92 Å². The zero-order valence-electron chi connectivity index (χ0n) is 18.4. The number of hydrogen-bond acceptors (Lipinski definition) is 1. The highest BCUT2D eigenvalue weighted by atomic mass is 19.1. The highest BCUT2D eigenvalue weighted by Crippen LogP contribution is 2.65. The van der Waals surface area contributed by atoms with E-state index in [0.29, 0.717) is 10.8 Å². The van der Waals surface area contributed by atoms with Gasteiger partial charge < -0.3 is 5.11 Å². The molecule has 0 saturated heterocycles. The van der Waals surface area contributed by atoms with Crippen molar-refractivity contribution >= 4 is 0 Å². The summed E-state index contributed by atoms with van der Waals surface area (Å²) in [6, 6.07) is 0. The molecule has 0 aromatic carbocycles. The maximum Gasteiger partial charge on any atom is 0.0919 e. The van der Waals surface area contributed by atoms with Crippen LogP contribution in [0.2, 0.25) is 0 Å². The smallest absolute Gasteiger partial charge is 0.0919 e. The molecule has 6 unspecified atom stereocenters. The van der Waals surface area contributed by atoms with Gasteiger partial charge in [0.15, 0.2) is 0 Å². The van der Waals surface area contributed by atoms with Crippen LogP contribution in [0.5, 0.6) is 0 Å². The van der Waals surface area contributed by atoms with Crippen molar-refractivity contribution in [3.63, 3.8) is 0 Å². The Morgan fingerprint density at radius 2 is 1.86 bits per heavy atom. The first-order chi connectivity index (χ1) is 13.4. The minimum Gasteiger partial charge on any atom is -0.393 e. The second kappa shape index (κ2) is 7.89. The van der Waals surface area contributed by atoms with Crippen molar-refractivity contribution in [1.29, 1.82) is 0 Å². The Morgan fingerprint density at radius 3 is 2.64 bits per heavy atom. The van der Waals surface area contributed by atoms with Crippen LogP contribution in [0, 0.1) is 34.5 Å².